The number of hydrogen-bond donors (Lipinski definition) is 0. The van der Waals surface area contributed by atoms with E-state index in [4.69, 9.17) is 16.3 Å². The standard InChI is InChI=1S/C14H10BrClF2O/c1-19-13-5-3-2-4-8(13)14(15)9-6-11(17)12(18)7-10(9)16/h2-7,14H,1H3. The summed E-state index contributed by atoms with van der Waals surface area (Å²) in [5.74, 6) is -1.25. The second kappa shape index (κ2) is 5.88. The average molecular weight is 348 g/mol. The van der Waals surface area contributed by atoms with E-state index in [-0.39, 0.29) is 9.85 Å². The van der Waals surface area contributed by atoms with Crippen LogP contribution in [0.15, 0.2) is 36.4 Å². The van der Waals surface area contributed by atoms with Crippen LogP contribution in [0.4, 0.5) is 8.78 Å². The lowest BCUT2D eigenvalue weighted by Crippen LogP contribution is -1.99. The third-order valence-corrected chi connectivity index (χ3v) is 4.04. The zero-order valence-electron chi connectivity index (χ0n) is 9.96. The van der Waals surface area contributed by atoms with Crippen LogP contribution in [0.3, 0.4) is 0 Å². The Balaban J connectivity index is 2.50. The van der Waals surface area contributed by atoms with Gasteiger partial charge in [0.15, 0.2) is 11.6 Å². The molecule has 0 aliphatic carbocycles. The molecule has 2 rings (SSSR count). The smallest absolute Gasteiger partial charge is 0.160 e. The van der Waals surface area contributed by atoms with Crippen molar-refractivity contribution in [2.45, 2.75) is 4.83 Å². The maximum Gasteiger partial charge on any atom is 0.160 e. The number of benzene rings is 2. The van der Waals surface area contributed by atoms with Crippen molar-refractivity contribution in [1.29, 1.82) is 0 Å². The number of methoxy groups -OCH3 is 1. The van der Waals surface area contributed by atoms with Crippen LogP contribution in [0, 0.1) is 11.6 Å². The van der Waals surface area contributed by atoms with E-state index in [0.717, 1.165) is 17.7 Å². The molecule has 1 nitrogen and oxygen atoms in total. The van der Waals surface area contributed by atoms with Crippen LogP contribution in [-0.2, 0) is 0 Å². The lowest BCUT2D eigenvalue weighted by atomic mass is 10.0. The van der Waals surface area contributed by atoms with Gasteiger partial charge in [0.1, 0.15) is 5.75 Å². The van der Waals surface area contributed by atoms with Gasteiger partial charge in [0, 0.05) is 10.6 Å². The van der Waals surface area contributed by atoms with Gasteiger partial charge in [0.25, 0.3) is 0 Å². The number of rotatable bonds is 3. The zero-order valence-corrected chi connectivity index (χ0v) is 12.3. The summed E-state index contributed by atoms with van der Waals surface area (Å²) in [5, 5.41) is 0.159. The van der Waals surface area contributed by atoms with E-state index in [2.05, 4.69) is 15.9 Å². The molecule has 0 heterocycles. The normalized spacial score (nSPS) is 12.3. The van der Waals surface area contributed by atoms with Crippen molar-refractivity contribution >= 4 is 27.5 Å². The Hall–Kier alpha value is -1.13. The number of alkyl halides is 1. The molecule has 0 aliphatic rings. The van der Waals surface area contributed by atoms with Gasteiger partial charge in [-0.15, -0.1) is 0 Å². The minimum absolute atomic E-state index is 0.159. The van der Waals surface area contributed by atoms with Crippen LogP contribution in [0.1, 0.15) is 16.0 Å². The Bertz CT molecular complexity index is 604. The van der Waals surface area contributed by atoms with Crippen LogP contribution in [0.5, 0.6) is 5.75 Å². The summed E-state index contributed by atoms with van der Waals surface area (Å²) in [5.41, 5.74) is 1.24. The molecule has 0 saturated carbocycles. The van der Waals surface area contributed by atoms with Crippen molar-refractivity contribution in [3.8, 4) is 5.75 Å². The molecule has 2 aromatic carbocycles. The average Bonchev–Trinajstić information content (AvgIpc) is 2.42. The summed E-state index contributed by atoms with van der Waals surface area (Å²) in [6.07, 6.45) is 0. The third kappa shape index (κ3) is 2.90. The van der Waals surface area contributed by atoms with Crippen molar-refractivity contribution in [3.63, 3.8) is 0 Å². The highest BCUT2D eigenvalue weighted by atomic mass is 79.9. The molecular weight excluding hydrogens is 338 g/mol. The van der Waals surface area contributed by atoms with E-state index in [0.29, 0.717) is 11.3 Å². The fraction of sp³-hybridized carbons (Fsp3) is 0.143. The van der Waals surface area contributed by atoms with Crippen molar-refractivity contribution in [3.05, 3.63) is 64.2 Å². The maximum absolute atomic E-state index is 13.3. The highest BCUT2D eigenvalue weighted by Gasteiger charge is 2.19. The van der Waals surface area contributed by atoms with E-state index in [1.165, 1.54) is 0 Å². The van der Waals surface area contributed by atoms with E-state index >= 15 is 0 Å². The fourth-order valence-corrected chi connectivity index (χ4v) is 2.92. The van der Waals surface area contributed by atoms with Gasteiger partial charge in [-0.1, -0.05) is 45.7 Å². The summed E-state index contributed by atoms with van der Waals surface area (Å²) < 4.78 is 31.6. The largest absolute Gasteiger partial charge is 0.496 e. The molecule has 0 aromatic heterocycles. The molecule has 5 heteroatoms. The first kappa shape index (κ1) is 14.3. The second-order valence-electron chi connectivity index (χ2n) is 3.89. The molecule has 0 radical (unpaired) electrons. The van der Waals surface area contributed by atoms with Crippen LogP contribution >= 0.6 is 27.5 Å². The highest BCUT2D eigenvalue weighted by molar-refractivity contribution is 9.09. The summed E-state index contributed by atoms with van der Waals surface area (Å²) in [6, 6.07) is 9.33. The number of ether oxygens (including phenoxy) is 1. The van der Waals surface area contributed by atoms with Gasteiger partial charge >= 0.3 is 0 Å². The summed E-state index contributed by atoms with van der Waals surface area (Å²) >= 11 is 9.41. The molecule has 0 aliphatic heterocycles. The van der Waals surface area contributed by atoms with Gasteiger partial charge in [-0.3, -0.25) is 0 Å². The Morgan fingerprint density at radius 1 is 1.11 bits per heavy atom. The predicted molar refractivity (Wildman–Crippen MR) is 75.1 cm³/mol. The summed E-state index contributed by atoms with van der Waals surface area (Å²) in [6.45, 7) is 0. The highest BCUT2D eigenvalue weighted by Crippen LogP contribution is 2.39. The monoisotopic (exact) mass is 346 g/mol. The number of halogens is 4. The summed E-state index contributed by atoms with van der Waals surface area (Å²) in [7, 11) is 1.55. The van der Waals surface area contributed by atoms with Crippen molar-refractivity contribution in [2.75, 3.05) is 7.11 Å². The minimum atomic E-state index is -0.964. The van der Waals surface area contributed by atoms with Crippen molar-refractivity contribution in [2.24, 2.45) is 0 Å². The lowest BCUT2D eigenvalue weighted by molar-refractivity contribution is 0.410. The molecule has 19 heavy (non-hydrogen) atoms. The van der Waals surface area contributed by atoms with Gasteiger partial charge in [0.05, 0.1) is 11.9 Å². The molecule has 100 valence electrons. The molecule has 0 fully saturated rings. The molecule has 1 unspecified atom stereocenters. The molecule has 0 spiro atoms. The zero-order chi connectivity index (χ0) is 14.0. The van der Waals surface area contributed by atoms with Gasteiger partial charge < -0.3 is 4.74 Å². The lowest BCUT2D eigenvalue weighted by Gasteiger charge is -2.16. The first-order valence-corrected chi connectivity index (χ1v) is 6.75. The molecule has 0 bridgehead atoms. The van der Waals surface area contributed by atoms with E-state index in [1.807, 2.05) is 18.2 Å². The Labute approximate surface area is 123 Å². The first-order chi connectivity index (χ1) is 9.04. The molecule has 2 aromatic rings. The Morgan fingerprint density at radius 2 is 1.74 bits per heavy atom. The van der Waals surface area contributed by atoms with Crippen LogP contribution in [-0.4, -0.2) is 7.11 Å². The van der Waals surface area contributed by atoms with Crippen molar-refractivity contribution in [1.82, 2.24) is 0 Å². The van der Waals surface area contributed by atoms with Gasteiger partial charge in [-0.25, -0.2) is 8.78 Å². The molecule has 0 amide bonds. The van der Waals surface area contributed by atoms with E-state index in [1.54, 1.807) is 13.2 Å². The Kier molecular flexibility index (Phi) is 4.42. The van der Waals surface area contributed by atoms with Gasteiger partial charge in [-0.05, 0) is 23.8 Å². The van der Waals surface area contributed by atoms with Gasteiger partial charge in [-0.2, -0.15) is 0 Å². The SMILES string of the molecule is COc1ccccc1C(Br)c1cc(F)c(F)cc1Cl. The van der Waals surface area contributed by atoms with Crippen LogP contribution in [0.25, 0.3) is 0 Å². The quantitative estimate of drug-likeness (QED) is 0.554. The van der Waals surface area contributed by atoms with E-state index < -0.39 is 11.6 Å². The van der Waals surface area contributed by atoms with Crippen molar-refractivity contribution < 1.29 is 13.5 Å². The molecule has 0 saturated heterocycles. The third-order valence-electron chi connectivity index (χ3n) is 2.72. The Morgan fingerprint density at radius 3 is 2.42 bits per heavy atom. The number of hydrogen-bond acceptors (Lipinski definition) is 1. The predicted octanol–water partition coefficient (Wildman–Crippen LogP) is 5.11. The number of para-hydroxylation sites is 1. The molecular formula is C14H10BrClF2O. The minimum Gasteiger partial charge on any atom is -0.496 e. The fourth-order valence-electron chi connectivity index (χ4n) is 1.78. The molecule has 0 N–H and O–H groups in total. The topological polar surface area (TPSA) is 9.23 Å². The van der Waals surface area contributed by atoms with Gasteiger partial charge in [0.2, 0.25) is 0 Å². The van der Waals surface area contributed by atoms with E-state index in [9.17, 15) is 8.78 Å². The van der Waals surface area contributed by atoms with Crippen LogP contribution < -0.4 is 4.74 Å². The summed E-state index contributed by atoms with van der Waals surface area (Å²) in [4.78, 5) is -0.383. The van der Waals surface area contributed by atoms with Crippen LogP contribution in [0.2, 0.25) is 5.02 Å². The molecule has 1 atom stereocenters. The second-order valence-corrected chi connectivity index (χ2v) is 5.22. The maximum atomic E-state index is 13.3. The first-order valence-electron chi connectivity index (χ1n) is 5.46.